The quantitative estimate of drug-likeness (QED) is 0.496. The molecule has 0 atom stereocenters. The van der Waals surface area contributed by atoms with Crippen molar-refractivity contribution in [3.63, 3.8) is 0 Å². The summed E-state index contributed by atoms with van der Waals surface area (Å²) in [5, 5.41) is 22.4. The van der Waals surface area contributed by atoms with Crippen LogP contribution >= 0.6 is 0 Å². The first kappa shape index (κ1) is 14.7. The van der Waals surface area contributed by atoms with Gasteiger partial charge in [0.25, 0.3) is 0 Å². The van der Waals surface area contributed by atoms with Gasteiger partial charge in [-0.3, -0.25) is 0 Å². The summed E-state index contributed by atoms with van der Waals surface area (Å²) in [5.74, 6) is 0.688. The minimum absolute atomic E-state index is 0.0202. The number of aliphatic hydroxyl groups excluding tert-OH is 2. The third-order valence-corrected chi connectivity index (χ3v) is 2.88. The Kier molecular flexibility index (Phi) is 4.94. The number of rotatable bonds is 7. The van der Waals surface area contributed by atoms with E-state index in [1.807, 2.05) is 13.8 Å². The summed E-state index contributed by atoms with van der Waals surface area (Å²) in [6.45, 7) is 5.06. The molecule has 1 rings (SSSR count). The molecule has 0 aliphatic heterocycles. The maximum Gasteiger partial charge on any atom is 0.151 e. The van der Waals surface area contributed by atoms with Crippen LogP contribution in [-0.2, 0) is 5.54 Å². The van der Waals surface area contributed by atoms with Crippen molar-refractivity contribution >= 4 is 11.5 Å². The molecule has 0 fully saturated rings. The van der Waals surface area contributed by atoms with Gasteiger partial charge >= 0.3 is 0 Å². The van der Waals surface area contributed by atoms with Crippen LogP contribution in [-0.4, -0.2) is 52.8 Å². The van der Waals surface area contributed by atoms with E-state index < -0.39 is 0 Å². The molecule has 0 aliphatic carbocycles. The molecule has 0 aromatic carbocycles. The Morgan fingerprint density at radius 1 is 1.33 bits per heavy atom. The van der Waals surface area contributed by atoms with Gasteiger partial charge in [0.1, 0.15) is 0 Å². The van der Waals surface area contributed by atoms with E-state index in [1.54, 1.807) is 15.8 Å². The van der Waals surface area contributed by atoms with Crippen LogP contribution in [0.2, 0.25) is 0 Å². The van der Waals surface area contributed by atoms with Crippen molar-refractivity contribution in [2.24, 2.45) is 5.73 Å². The maximum atomic E-state index is 9.09. The van der Waals surface area contributed by atoms with Gasteiger partial charge in [0.15, 0.2) is 5.82 Å². The predicted molar refractivity (Wildman–Crippen MR) is 71.4 cm³/mol. The molecule has 0 unspecified atom stereocenters. The van der Waals surface area contributed by atoms with E-state index in [0.29, 0.717) is 31.1 Å². The monoisotopic (exact) mass is 257 g/mol. The van der Waals surface area contributed by atoms with Gasteiger partial charge < -0.3 is 26.6 Å². The molecular weight excluding hydrogens is 234 g/mol. The molecule has 0 bridgehead atoms. The Morgan fingerprint density at radius 2 is 1.89 bits per heavy atom. The lowest BCUT2D eigenvalue weighted by atomic mass is 10.1. The molecule has 7 nitrogen and oxygen atoms in total. The van der Waals surface area contributed by atoms with E-state index in [9.17, 15) is 0 Å². The van der Waals surface area contributed by atoms with Crippen LogP contribution in [0.25, 0.3) is 0 Å². The fraction of sp³-hybridized carbons (Fsp3) is 0.727. The van der Waals surface area contributed by atoms with Crippen molar-refractivity contribution in [1.29, 1.82) is 0 Å². The van der Waals surface area contributed by atoms with Crippen molar-refractivity contribution < 1.29 is 10.2 Å². The van der Waals surface area contributed by atoms with Crippen LogP contribution in [0.15, 0.2) is 6.20 Å². The SMILES string of the molecule is CC(C)(CN)n1ncc(N)c1N(CCO)CCO. The third-order valence-electron chi connectivity index (χ3n) is 2.88. The smallest absolute Gasteiger partial charge is 0.151 e. The van der Waals surface area contributed by atoms with Gasteiger partial charge in [-0.2, -0.15) is 5.10 Å². The average molecular weight is 257 g/mol. The molecule has 0 saturated carbocycles. The average Bonchev–Trinajstić information content (AvgIpc) is 2.71. The summed E-state index contributed by atoms with van der Waals surface area (Å²) in [6, 6.07) is 0. The summed E-state index contributed by atoms with van der Waals surface area (Å²) in [6.07, 6.45) is 1.56. The Bertz CT molecular complexity index is 372. The van der Waals surface area contributed by atoms with Gasteiger partial charge in [0.2, 0.25) is 0 Å². The topological polar surface area (TPSA) is 114 Å². The minimum atomic E-state index is -0.379. The maximum absolute atomic E-state index is 9.09. The van der Waals surface area contributed by atoms with E-state index in [4.69, 9.17) is 21.7 Å². The highest BCUT2D eigenvalue weighted by molar-refractivity contribution is 5.63. The summed E-state index contributed by atoms with van der Waals surface area (Å²) >= 11 is 0. The van der Waals surface area contributed by atoms with Crippen molar-refractivity contribution in [2.75, 3.05) is 43.5 Å². The number of aromatic nitrogens is 2. The Labute approximate surface area is 107 Å². The number of nitrogen functional groups attached to an aromatic ring is 1. The number of nitrogens with zero attached hydrogens (tertiary/aromatic N) is 3. The van der Waals surface area contributed by atoms with Gasteiger partial charge in [-0.05, 0) is 13.8 Å². The molecular formula is C11H23N5O2. The zero-order valence-electron chi connectivity index (χ0n) is 11.0. The highest BCUT2D eigenvalue weighted by Gasteiger charge is 2.26. The second kappa shape index (κ2) is 6.03. The second-order valence-corrected chi connectivity index (χ2v) is 4.79. The zero-order valence-corrected chi connectivity index (χ0v) is 11.0. The van der Waals surface area contributed by atoms with E-state index in [-0.39, 0.29) is 18.8 Å². The first-order valence-corrected chi connectivity index (χ1v) is 5.98. The van der Waals surface area contributed by atoms with Gasteiger partial charge in [0.05, 0.1) is 30.6 Å². The second-order valence-electron chi connectivity index (χ2n) is 4.79. The van der Waals surface area contributed by atoms with Crippen molar-refractivity contribution in [1.82, 2.24) is 9.78 Å². The fourth-order valence-corrected chi connectivity index (χ4v) is 1.77. The molecule has 0 spiro atoms. The lowest BCUT2D eigenvalue weighted by Gasteiger charge is -2.31. The molecule has 104 valence electrons. The molecule has 0 saturated heterocycles. The first-order valence-electron chi connectivity index (χ1n) is 5.98. The Morgan fingerprint density at radius 3 is 2.33 bits per heavy atom. The van der Waals surface area contributed by atoms with Gasteiger partial charge in [-0.1, -0.05) is 0 Å². The van der Waals surface area contributed by atoms with E-state index >= 15 is 0 Å². The molecule has 1 heterocycles. The largest absolute Gasteiger partial charge is 0.395 e. The van der Waals surface area contributed by atoms with E-state index in [2.05, 4.69) is 5.10 Å². The fourth-order valence-electron chi connectivity index (χ4n) is 1.77. The molecule has 1 aromatic heterocycles. The van der Waals surface area contributed by atoms with E-state index in [1.165, 1.54) is 0 Å². The lowest BCUT2D eigenvalue weighted by Crippen LogP contribution is -2.40. The van der Waals surface area contributed by atoms with Crippen LogP contribution in [0.3, 0.4) is 0 Å². The highest BCUT2D eigenvalue weighted by Crippen LogP contribution is 2.28. The molecule has 1 aromatic rings. The predicted octanol–water partition coefficient (Wildman–Crippen LogP) is -1.05. The van der Waals surface area contributed by atoms with Crippen LogP contribution in [0.4, 0.5) is 11.5 Å². The molecule has 0 radical (unpaired) electrons. The standard InChI is InChI=1S/C11H23N5O2/c1-11(2,8-12)16-10(9(13)7-14-16)15(3-5-17)4-6-18/h7,17-18H,3-6,8,12-13H2,1-2H3. The molecule has 0 amide bonds. The highest BCUT2D eigenvalue weighted by atomic mass is 16.3. The zero-order chi connectivity index (χ0) is 13.8. The van der Waals surface area contributed by atoms with Crippen LogP contribution in [0.5, 0.6) is 0 Å². The van der Waals surface area contributed by atoms with Gasteiger partial charge in [-0.15, -0.1) is 0 Å². The van der Waals surface area contributed by atoms with Crippen molar-refractivity contribution in [2.45, 2.75) is 19.4 Å². The molecule has 7 heteroatoms. The number of anilines is 2. The van der Waals surface area contributed by atoms with Gasteiger partial charge in [0, 0.05) is 19.6 Å². The number of nitrogens with two attached hydrogens (primary N) is 2. The van der Waals surface area contributed by atoms with Crippen LogP contribution in [0, 0.1) is 0 Å². The molecule has 6 N–H and O–H groups in total. The lowest BCUT2D eigenvalue weighted by molar-refractivity contribution is 0.275. The minimum Gasteiger partial charge on any atom is -0.395 e. The van der Waals surface area contributed by atoms with E-state index in [0.717, 1.165) is 0 Å². The molecule has 18 heavy (non-hydrogen) atoms. The number of hydrogen-bond donors (Lipinski definition) is 4. The summed E-state index contributed by atoms with van der Waals surface area (Å²) < 4.78 is 1.74. The van der Waals surface area contributed by atoms with Crippen molar-refractivity contribution in [3.05, 3.63) is 6.20 Å². The van der Waals surface area contributed by atoms with Crippen LogP contribution < -0.4 is 16.4 Å². The number of hydrogen-bond acceptors (Lipinski definition) is 6. The summed E-state index contributed by atoms with van der Waals surface area (Å²) in [7, 11) is 0. The first-order chi connectivity index (χ1) is 8.47. The number of aliphatic hydroxyl groups is 2. The third kappa shape index (κ3) is 2.92. The summed E-state index contributed by atoms with van der Waals surface area (Å²) in [5.41, 5.74) is 11.8. The Hall–Kier alpha value is -1.31. The Balaban J connectivity index is 3.16. The van der Waals surface area contributed by atoms with Crippen molar-refractivity contribution in [3.8, 4) is 0 Å². The summed E-state index contributed by atoms with van der Waals surface area (Å²) in [4.78, 5) is 1.81. The molecule has 0 aliphatic rings. The van der Waals surface area contributed by atoms with Gasteiger partial charge in [-0.25, -0.2) is 4.68 Å². The van der Waals surface area contributed by atoms with Crippen LogP contribution in [0.1, 0.15) is 13.8 Å². The normalized spacial score (nSPS) is 11.8.